The Morgan fingerprint density at radius 1 is 1.38 bits per heavy atom. The Hall–Kier alpha value is -2.04. The molecule has 2 rings (SSSR count). The normalized spacial score (nSPS) is 18.2. The zero-order chi connectivity index (χ0) is 15.4. The molecule has 1 unspecified atom stereocenters. The van der Waals surface area contributed by atoms with Gasteiger partial charge in [-0.3, -0.25) is 9.59 Å². The van der Waals surface area contributed by atoms with E-state index in [-0.39, 0.29) is 17.6 Å². The van der Waals surface area contributed by atoms with Gasteiger partial charge >= 0.3 is 0 Å². The first-order valence-electron chi connectivity index (χ1n) is 7.23. The summed E-state index contributed by atoms with van der Waals surface area (Å²) in [5.41, 5.74) is 1.45. The molecule has 1 amide bonds. The van der Waals surface area contributed by atoms with Gasteiger partial charge in [-0.25, -0.2) is 0 Å². The number of hydrogen-bond acceptors (Lipinski definition) is 4. The minimum Gasteiger partial charge on any atom is -0.496 e. The van der Waals surface area contributed by atoms with Gasteiger partial charge in [0.05, 0.1) is 24.3 Å². The quantitative estimate of drug-likeness (QED) is 0.860. The summed E-state index contributed by atoms with van der Waals surface area (Å²) in [5.74, 6) is 0.591. The monoisotopic (exact) mass is 290 g/mol. The largest absolute Gasteiger partial charge is 0.496 e. The Kier molecular flexibility index (Phi) is 4.83. The van der Waals surface area contributed by atoms with Crippen LogP contribution in [-0.2, 0) is 4.79 Å². The van der Waals surface area contributed by atoms with Gasteiger partial charge in [0.2, 0.25) is 5.91 Å². The first-order chi connectivity index (χ1) is 10.1. The SMILES string of the molecule is CNC(=O)C1CCCN(c2cccc(OC)c2C(C)=O)C1. The fourth-order valence-corrected chi connectivity index (χ4v) is 2.92. The van der Waals surface area contributed by atoms with Gasteiger partial charge in [-0.1, -0.05) is 6.07 Å². The number of carbonyl (C=O) groups is 2. The van der Waals surface area contributed by atoms with Crippen LogP contribution in [0.5, 0.6) is 5.75 Å². The number of Topliss-reactive ketones (excluding diaryl/α,β-unsaturated/α-hetero) is 1. The zero-order valence-electron chi connectivity index (χ0n) is 12.8. The predicted octanol–water partition coefficient (Wildman–Crippen LogP) is 1.86. The molecule has 0 saturated carbocycles. The molecule has 1 N–H and O–H groups in total. The van der Waals surface area contributed by atoms with Crippen LogP contribution >= 0.6 is 0 Å². The van der Waals surface area contributed by atoms with Crippen LogP contribution in [0.25, 0.3) is 0 Å². The minimum atomic E-state index is -0.0326. The first kappa shape index (κ1) is 15.4. The number of piperidine rings is 1. The van der Waals surface area contributed by atoms with Crippen molar-refractivity contribution in [2.45, 2.75) is 19.8 Å². The Labute approximate surface area is 125 Å². The van der Waals surface area contributed by atoms with Gasteiger partial charge in [0, 0.05) is 20.1 Å². The Morgan fingerprint density at radius 3 is 2.76 bits per heavy atom. The van der Waals surface area contributed by atoms with Crippen molar-refractivity contribution in [3.63, 3.8) is 0 Å². The highest BCUT2D eigenvalue weighted by molar-refractivity contribution is 6.02. The van der Waals surface area contributed by atoms with Crippen LogP contribution in [0.1, 0.15) is 30.1 Å². The number of amides is 1. The molecule has 0 aliphatic carbocycles. The average Bonchev–Trinajstić information content (AvgIpc) is 2.53. The van der Waals surface area contributed by atoms with Crippen molar-refractivity contribution in [1.82, 2.24) is 5.32 Å². The smallest absolute Gasteiger partial charge is 0.224 e. The molecule has 0 bridgehead atoms. The molecule has 0 aromatic heterocycles. The summed E-state index contributed by atoms with van der Waals surface area (Å²) in [6.45, 7) is 3.02. The topological polar surface area (TPSA) is 58.6 Å². The number of rotatable bonds is 4. The fourth-order valence-electron chi connectivity index (χ4n) is 2.92. The van der Waals surface area contributed by atoms with Crippen LogP contribution in [0.15, 0.2) is 18.2 Å². The highest BCUT2D eigenvalue weighted by Gasteiger charge is 2.27. The van der Waals surface area contributed by atoms with E-state index in [4.69, 9.17) is 4.74 Å². The van der Waals surface area contributed by atoms with Gasteiger partial charge in [-0.15, -0.1) is 0 Å². The summed E-state index contributed by atoms with van der Waals surface area (Å²) in [7, 11) is 3.23. The molecule has 0 radical (unpaired) electrons. The lowest BCUT2D eigenvalue weighted by atomic mass is 9.95. The van der Waals surface area contributed by atoms with Crippen molar-refractivity contribution in [1.29, 1.82) is 0 Å². The van der Waals surface area contributed by atoms with Crippen LogP contribution in [0.4, 0.5) is 5.69 Å². The van der Waals surface area contributed by atoms with E-state index in [9.17, 15) is 9.59 Å². The third-order valence-electron chi connectivity index (χ3n) is 3.96. The van der Waals surface area contributed by atoms with E-state index in [2.05, 4.69) is 10.2 Å². The molecular weight excluding hydrogens is 268 g/mol. The number of hydrogen-bond donors (Lipinski definition) is 1. The maximum absolute atomic E-state index is 12.0. The number of ketones is 1. The molecule has 1 atom stereocenters. The first-order valence-corrected chi connectivity index (χ1v) is 7.23. The fraction of sp³-hybridized carbons (Fsp3) is 0.500. The van der Waals surface area contributed by atoms with E-state index in [1.807, 2.05) is 12.1 Å². The van der Waals surface area contributed by atoms with Gasteiger partial charge in [-0.2, -0.15) is 0 Å². The van der Waals surface area contributed by atoms with Gasteiger partial charge in [0.1, 0.15) is 5.75 Å². The molecule has 21 heavy (non-hydrogen) atoms. The average molecular weight is 290 g/mol. The van der Waals surface area contributed by atoms with Gasteiger partial charge < -0.3 is 15.0 Å². The third kappa shape index (κ3) is 3.17. The number of methoxy groups -OCH3 is 1. The second-order valence-corrected chi connectivity index (χ2v) is 5.31. The van der Waals surface area contributed by atoms with E-state index >= 15 is 0 Å². The lowest BCUT2D eigenvalue weighted by Gasteiger charge is -2.34. The second-order valence-electron chi connectivity index (χ2n) is 5.31. The lowest BCUT2D eigenvalue weighted by Crippen LogP contribution is -2.42. The molecule has 5 nitrogen and oxygen atoms in total. The molecule has 1 fully saturated rings. The van der Waals surface area contributed by atoms with E-state index in [1.165, 1.54) is 0 Å². The van der Waals surface area contributed by atoms with Gasteiger partial charge in [0.25, 0.3) is 0 Å². The summed E-state index contributed by atoms with van der Waals surface area (Å²) in [5, 5.41) is 2.71. The number of nitrogens with zero attached hydrogens (tertiary/aromatic N) is 1. The maximum Gasteiger partial charge on any atom is 0.224 e. The maximum atomic E-state index is 12.0. The summed E-state index contributed by atoms with van der Waals surface area (Å²) >= 11 is 0. The van der Waals surface area contributed by atoms with Crippen molar-refractivity contribution in [3.05, 3.63) is 23.8 Å². The van der Waals surface area contributed by atoms with Gasteiger partial charge in [-0.05, 0) is 31.9 Å². The van der Waals surface area contributed by atoms with E-state index in [0.29, 0.717) is 17.9 Å². The summed E-state index contributed by atoms with van der Waals surface area (Å²) in [6, 6.07) is 5.59. The number of nitrogens with one attached hydrogen (secondary N) is 1. The lowest BCUT2D eigenvalue weighted by molar-refractivity contribution is -0.124. The van der Waals surface area contributed by atoms with E-state index in [0.717, 1.165) is 25.1 Å². The molecule has 0 spiro atoms. The van der Waals surface area contributed by atoms with Crippen LogP contribution in [0, 0.1) is 5.92 Å². The molecule has 5 heteroatoms. The van der Waals surface area contributed by atoms with Crippen molar-refractivity contribution in [2.75, 3.05) is 32.1 Å². The molecule has 1 aromatic rings. The minimum absolute atomic E-state index is 0.0236. The number of anilines is 1. The molecule has 1 aromatic carbocycles. The highest BCUT2D eigenvalue weighted by Crippen LogP contribution is 2.32. The van der Waals surface area contributed by atoms with E-state index in [1.54, 1.807) is 27.1 Å². The van der Waals surface area contributed by atoms with E-state index < -0.39 is 0 Å². The molecular formula is C16H22N2O3. The summed E-state index contributed by atoms with van der Waals surface area (Å²) < 4.78 is 5.31. The highest BCUT2D eigenvalue weighted by atomic mass is 16.5. The number of ether oxygens (including phenoxy) is 1. The molecule has 1 heterocycles. The number of carbonyl (C=O) groups excluding carboxylic acids is 2. The van der Waals surface area contributed by atoms with Crippen molar-refractivity contribution >= 4 is 17.4 Å². The van der Waals surface area contributed by atoms with Gasteiger partial charge in [0.15, 0.2) is 5.78 Å². The summed E-state index contributed by atoms with van der Waals surface area (Å²) in [6.07, 6.45) is 1.82. The summed E-state index contributed by atoms with van der Waals surface area (Å²) in [4.78, 5) is 25.9. The van der Waals surface area contributed by atoms with Crippen LogP contribution in [0.3, 0.4) is 0 Å². The molecule has 1 saturated heterocycles. The number of benzene rings is 1. The Bertz CT molecular complexity index is 542. The second kappa shape index (κ2) is 6.61. The Morgan fingerprint density at radius 2 is 2.14 bits per heavy atom. The Balaban J connectivity index is 2.33. The zero-order valence-corrected chi connectivity index (χ0v) is 12.8. The van der Waals surface area contributed by atoms with Crippen molar-refractivity contribution in [3.8, 4) is 5.75 Å². The van der Waals surface area contributed by atoms with Crippen molar-refractivity contribution < 1.29 is 14.3 Å². The third-order valence-corrected chi connectivity index (χ3v) is 3.96. The van der Waals surface area contributed by atoms with Crippen molar-refractivity contribution in [2.24, 2.45) is 5.92 Å². The molecule has 1 aliphatic rings. The standard InChI is InChI=1S/C16H22N2O3/c1-11(19)15-13(7-4-8-14(15)21-3)18-9-5-6-12(10-18)16(20)17-2/h4,7-8,12H,5-6,9-10H2,1-3H3,(H,17,20). The van der Waals surface area contributed by atoms with Crippen LogP contribution < -0.4 is 15.0 Å². The van der Waals surface area contributed by atoms with Crippen LogP contribution in [0.2, 0.25) is 0 Å². The molecule has 1 aliphatic heterocycles. The predicted molar refractivity (Wildman–Crippen MR) is 82.0 cm³/mol. The molecule has 114 valence electrons. The van der Waals surface area contributed by atoms with Crippen LogP contribution in [-0.4, -0.2) is 38.9 Å².